The van der Waals surface area contributed by atoms with Crippen LogP contribution in [-0.2, 0) is 0 Å². The summed E-state index contributed by atoms with van der Waals surface area (Å²) in [5.74, 6) is 2.42. The van der Waals surface area contributed by atoms with Gasteiger partial charge in [-0.3, -0.25) is 9.69 Å². The number of hydrogen-bond acceptors (Lipinski definition) is 5. The molecule has 4 fully saturated rings. The van der Waals surface area contributed by atoms with Crippen LogP contribution in [0, 0.1) is 17.2 Å². The molecule has 3 atom stereocenters. The van der Waals surface area contributed by atoms with Crippen LogP contribution in [0.1, 0.15) is 40.2 Å². The van der Waals surface area contributed by atoms with Crippen molar-refractivity contribution in [1.82, 2.24) is 9.80 Å². The summed E-state index contributed by atoms with van der Waals surface area (Å²) in [5.41, 5.74) is 2.34. The van der Waals surface area contributed by atoms with E-state index in [4.69, 9.17) is 9.47 Å². The normalized spacial score (nSPS) is 30.8. The molecule has 5 heterocycles. The van der Waals surface area contributed by atoms with Gasteiger partial charge in [-0.2, -0.15) is 5.26 Å². The molecule has 1 amide bonds. The van der Waals surface area contributed by atoms with Gasteiger partial charge < -0.3 is 14.4 Å². The van der Waals surface area contributed by atoms with E-state index in [1.165, 1.54) is 5.56 Å². The minimum Gasteiger partial charge on any atom is -0.454 e. The van der Waals surface area contributed by atoms with Crippen molar-refractivity contribution in [3.63, 3.8) is 0 Å². The number of nitrogens with zero attached hydrogens (tertiary/aromatic N) is 3. The largest absolute Gasteiger partial charge is 0.454 e. The second kappa shape index (κ2) is 6.75. The van der Waals surface area contributed by atoms with E-state index in [0.717, 1.165) is 37.4 Å². The fraction of sp³-hybridized carbons (Fsp3) is 0.417. The Morgan fingerprint density at radius 3 is 2.70 bits per heavy atom. The Hall–Kier alpha value is -3.04. The Labute approximate surface area is 175 Å². The summed E-state index contributed by atoms with van der Waals surface area (Å²) in [7, 11) is 0. The van der Waals surface area contributed by atoms with Gasteiger partial charge in [0.25, 0.3) is 5.91 Å². The lowest BCUT2D eigenvalue weighted by Gasteiger charge is -2.51. The number of nitriles is 1. The molecule has 0 N–H and O–H groups in total. The van der Waals surface area contributed by atoms with Crippen molar-refractivity contribution in [1.29, 1.82) is 5.26 Å². The molecule has 2 bridgehead atoms. The van der Waals surface area contributed by atoms with Gasteiger partial charge in [-0.25, -0.2) is 0 Å². The maximum atomic E-state index is 13.6. The van der Waals surface area contributed by atoms with Gasteiger partial charge in [0, 0.05) is 24.1 Å². The summed E-state index contributed by atoms with van der Waals surface area (Å²) in [5, 5.41) is 9.25. The van der Waals surface area contributed by atoms with Crippen molar-refractivity contribution in [3.8, 4) is 17.6 Å². The standard InChI is InChI=1S/C24H23N3O3/c25-12-15-2-1-3-18(10-15)24(28)27-13-19(17-4-5-20-21(11-17)30-14-29-20)23-22(27)16-6-8-26(23)9-7-16/h1-5,10-11,16,19,22-23H,6-9,13-14H2/t19-,22+,23+/m0/s1. The number of amides is 1. The SMILES string of the molecule is N#Cc1cccc(C(=O)N2C[C@@H](c3ccc4c(c3)OCO4)[C@@H]3[C@H]2C2CCN3CC2)c1. The van der Waals surface area contributed by atoms with E-state index < -0.39 is 0 Å². The third-order valence-corrected chi connectivity index (χ3v) is 7.32. The number of carbonyl (C=O) groups excluding carboxylic acids is 1. The summed E-state index contributed by atoms with van der Waals surface area (Å²) in [6, 6.07) is 16.0. The molecule has 30 heavy (non-hydrogen) atoms. The third kappa shape index (κ3) is 2.62. The summed E-state index contributed by atoms with van der Waals surface area (Å²) in [4.78, 5) is 18.2. The first kappa shape index (κ1) is 17.8. The molecule has 4 saturated heterocycles. The Morgan fingerprint density at radius 1 is 1.03 bits per heavy atom. The van der Waals surface area contributed by atoms with Crippen LogP contribution in [0.4, 0.5) is 0 Å². The van der Waals surface area contributed by atoms with Crippen LogP contribution in [0.3, 0.4) is 0 Å². The van der Waals surface area contributed by atoms with Crippen molar-refractivity contribution in [3.05, 3.63) is 59.2 Å². The highest BCUT2D eigenvalue weighted by Crippen LogP contribution is 2.48. The molecule has 6 heteroatoms. The van der Waals surface area contributed by atoms with E-state index in [2.05, 4.69) is 28.0 Å². The van der Waals surface area contributed by atoms with Crippen molar-refractivity contribution >= 4 is 5.91 Å². The zero-order chi connectivity index (χ0) is 20.2. The maximum absolute atomic E-state index is 13.6. The molecule has 0 radical (unpaired) electrons. The molecule has 0 aliphatic carbocycles. The van der Waals surface area contributed by atoms with E-state index in [-0.39, 0.29) is 24.7 Å². The van der Waals surface area contributed by atoms with Gasteiger partial charge in [0.05, 0.1) is 17.7 Å². The third-order valence-electron chi connectivity index (χ3n) is 7.32. The molecule has 6 nitrogen and oxygen atoms in total. The average molecular weight is 401 g/mol. The smallest absolute Gasteiger partial charge is 0.254 e. The maximum Gasteiger partial charge on any atom is 0.254 e. The highest BCUT2D eigenvalue weighted by atomic mass is 16.7. The minimum atomic E-state index is 0.0408. The zero-order valence-electron chi connectivity index (χ0n) is 16.7. The van der Waals surface area contributed by atoms with Crippen LogP contribution in [0.2, 0.25) is 0 Å². The molecular formula is C24H23N3O3. The quantitative estimate of drug-likeness (QED) is 0.774. The number of ether oxygens (including phenoxy) is 2. The minimum absolute atomic E-state index is 0.0408. The number of rotatable bonds is 2. The molecule has 0 spiro atoms. The highest BCUT2D eigenvalue weighted by Gasteiger charge is 2.54. The summed E-state index contributed by atoms with van der Waals surface area (Å²) in [6.45, 7) is 3.18. The Bertz CT molecular complexity index is 1050. The fourth-order valence-electron chi connectivity index (χ4n) is 5.98. The van der Waals surface area contributed by atoms with E-state index in [0.29, 0.717) is 29.6 Å². The topological polar surface area (TPSA) is 65.8 Å². The number of carbonyl (C=O) groups is 1. The molecule has 5 aliphatic rings. The first-order chi connectivity index (χ1) is 14.7. The van der Waals surface area contributed by atoms with Crippen LogP contribution >= 0.6 is 0 Å². The number of fused-ring (bicyclic) bond motifs is 3. The van der Waals surface area contributed by atoms with E-state index in [9.17, 15) is 10.1 Å². The van der Waals surface area contributed by atoms with E-state index in [1.807, 2.05) is 12.1 Å². The monoisotopic (exact) mass is 401 g/mol. The molecule has 2 aromatic rings. The van der Waals surface area contributed by atoms with E-state index >= 15 is 0 Å². The van der Waals surface area contributed by atoms with Crippen LogP contribution < -0.4 is 9.47 Å². The predicted molar refractivity (Wildman–Crippen MR) is 109 cm³/mol. The first-order valence-corrected chi connectivity index (χ1v) is 10.7. The zero-order valence-corrected chi connectivity index (χ0v) is 16.7. The lowest BCUT2D eigenvalue weighted by Crippen LogP contribution is -2.60. The molecule has 7 rings (SSSR count). The molecular weight excluding hydrogens is 378 g/mol. The van der Waals surface area contributed by atoms with Gasteiger partial charge in [-0.05, 0) is 67.7 Å². The summed E-state index contributed by atoms with van der Waals surface area (Å²) < 4.78 is 11.1. The number of likely N-dealkylation sites (tertiary alicyclic amines) is 1. The Kier molecular flexibility index (Phi) is 4.00. The number of hydrogen-bond donors (Lipinski definition) is 0. The second-order valence-electron chi connectivity index (χ2n) is 8.72. The van der Waals surface area contributed by atoms with Crippen molar-refractivity contribution in [2.45, 2.75) is 30.8 Å². The van der Waals surface area contributed by atoms with Gasteiger partial charge in [0.1, 0.15) is 0 Å². The van der Waals surface area contributed by atoms with Crippen molar-refractivity contribution in [2.24, 2.45) is 5.92 Å². The van der Waals surface area contributed by atoms with Gasteiger partial charge in [0.15, 0.2) is 11.5 Å². The number of benzene rings is 2. The summed E-state index contributed by atoms with van der Waals surface area (Å²) >= 11 is 0. The molecule has 0 unspecified atom stereocenters. The van der Waals surface area contributed by atoms with Gasteiger partial charge in [-0.1, -0.05) is 12.1 Å². The number of piperidine rings is 3. The highest BCUT2D eigenvalue weighted by molar-refractivity contribution is 5.95. The molecule has 0 aromatic heterocycles. The lowest BCUT2D eigenvalue weighted by atomic mass is 9.75. The molecule has 152 valence electrons. The van der Waals surface area contributed by atoms with Gasteiger partial charge in [-0.15, -0.1) is 0 Å². The Morgan fingerprint density at radius 2 is 1.87 bits per heavy atom. The molecule has 0 saturated carbocycles. The lowest BCUT2D eigenvalue weighted by molar-refractivity contribution is -0.00341. The Balaban J connectivity index is 1.38. The van der Waals surface area contributed by atoms with E-state index in [1.54, 1.807) is 18.2 Å². The molecule has 5 aliphatic heterocycles. The predicted octanol–water partition coefficient (Wildman–Crippen LogP) is 2.99. The van der Waals surface area contributed by atoms with Gasteiger partial charge >= 0.3 is 0 Å². The van der Waals surface area contributed by atoms with Crippen LogP contribution in [-0.4, -0.2) is 54.2 Å². The average Bonchev–Trinajstić information content (AvgIpc) is 3.45. The summed E-state index contributed by atoms with van der Waals surface area (Å²) in [6.07, 6.45) is 2.30. The molecule has 2 aromatic carbocycles. The van der Waals surface area contributed by atoms with Crippen LogP contribution in [0.15, 0.2) is 42.5 Å². The van der Waals surface area contributed by atoms with Gasteiger partial charge in [0.2, 0.25) is 6.79 Å². The van der Waals surface area contributed by atoms with Crippen LogP contribution in [0.25, 0.3) is 0 Å². The van der Waals surface area contributed by atoms with Crippen molar-refractivity contribution in [2.75, 3.05) is 26.4 Å². The first-order valence-electron chi connectivity index (χ1n) is 10.7. The fourth-order valence-corrected chi connectivity index (χ4v) is 5.98. The second-order valence-corrected chi connectivity index (χ2v) is 8.72. The van der Waals surface area contributed by atoms with Crippen molar-refractivity contribution < 1.29 is 14.3 Å². The van der Waals surface area contributed by atoms with Crippen LogP contribution in [0.5, 0.6) is 11.5 Å².